The van der Waals surface area contributed by atoms with Gasteiger partial charge >= 0.3 is 10.1 Å². The first-order valence-corrected chi connectivity index (χ1v) is 9.41. The van der Waals surface area contributed by atoms with E-state index in [2.05, 4.69) is 0 Å². The summed E-state index contributed by atoms with van der Waals surface area (Å²) in [7, 11) is -0.111. The molecule has 1 aliphatic heterocycles. The van der Waals surface area contributed by atoms with Crippen molar-refractivity contribution in [2.24, 2.45) is 0 Å². The highest BCUT2D eigenvalue weighted by atomic mass is 33.1. The summed E-state index contributed by atoms with van der Waals surface area (Å²) in [6, 6.07) is 17.5. The fourth-order valence-electron chi connectivity index (χ4n) is 2.19. The first-order valence-electron chi connectivity index (χ1n) is 6.86. The number of nitro groups is 2. The fourth-order valence-corrected chi connectivity index (χ4v) is 6.00. The Hall–Kier alpha value is -2.58. The van der Waals surface area contributed by atoms with Gasteiger partial charge in [0.15, 0.2) is 4.90 Å². The highest BCUT2D eigenvalue weighted by Crippen LogP contribution is 2.46. The Labute approximate surface area is 143 Å². The van der Waals surface area contributed by atoms with E-state index in [0.29, 0.717) is 10.5 Å². The van der Waals surface area contributed by atoms with Crippen molar-refractivity contribution in [1.82, 2.24) is 0 Å². The van der Waals surface area contributed by atoms with Gasteiger partial charge in [0.05, 0.1) is 16.6 Å². The molecule has 0 fully saturated rings. The molecule has 0 aromatic heterocycles. The third kappa shape index (κ3) is 3.19. The molecule has 0 aliphatic carbocycles. The zero-order valence-corrected chi connectivity index (χ0v) is 13.8. The van der Waals surface area contributed by atoms with Gasteiger partial charge in [-0.1, -0.05) is 48.5 Å². The Balaban J connectivity index is 2.15. The van der Waals surface area contributed by atoms with Gasteiger partial charge in [-0.05, 0) is 17.7 Å². The van der Waals surface area contributed by atoms with Gasteiger partial charge in [0.2, 0.25) is 20.7 Å². The van der Waals surface area contributed by atoms with Crippen LogP contribution in [0, 0.1) is 20.2 Å². The molecule has 8 heteroatoms. The summed E-state index contributed by atoms with van der Waals surface area (Å²) < 4.78 is 0. The molecule has 24 heavy (non-hydrogen) atoms. The molecule has 0 amide bonds. The predicted molar refractivity (Wildman–Crippen MR) is 95.1 cm³/mol. The van der Waals surface area contributed by atoms with Crippen LogP contribution in [0.4, 0.5) is 0 Å². The highest BCUT2D eigenvalue weighted by Gasteiger charge is 2.49. The maximum absolute atomic E-state index is 11.5. The normalized spacial score (nSPS) is 17.3. The van der Waals surface area contributed by atoms with Gasteiger partial charge in [-0.25, -0.2) is 0 Å². The van der Waals surface area contributed by atoms with Crippen molar-refractivity contribution in [3.05, 3.63) is 103 Å². The molecule has 0 N–H and O–H groups in total. The Bertz CT molecular complexity index is 851. The predicted octanol–water partition coefficient (Wildman–Crippen LogP) is 4.09. The molecular formula is C16H11N2O4S2+. The van der Waals surface area contributed by atoms with E-state index in [1.807, 2.05) is 0 Å². The van der Waals surface area contributed by atoms with Crippen molar-refractivity contribution >= 4 is 26.3 Å². The quantitative estimate of drug-likeness (QED) is 0.355. The van der Waals surface area contributed by atoms with E-state index in [-0.39, 0.29) is 15.6 Å². The van der Waals surface area contributed by atoms with Crippen LogP contribution in [0.5, 0.6) is 0 Å². The second kappa shape index (κ2) is 6.90. The highest BCUT2D eigenvalue weighted by molar-refractivity contribution is 8.77. The van der Waals surface area contributed by atoms with Crippen LogP contribution in [0.1, 0.15) is 5.56 Å². The van der Waals surface area contributed by atoms with E-state index in [1.54, 1.807) is 60.7 Å². The maximum Gasteiger partial charge on any atom is 0.462 e. The average Bonchev–Trinajstić information content (AvgIpc) is 2.62. The van der Waals surface area contributed by atoms with Crippen LogP contribution in [-0.4, -0.2) is 9.85 Å². The number of allylic oxidation sites excluding steroid dienone is 2. The van der Waals surface area contributed by atoms with E-state index >= 15 is 0 Å². The minimum atomic E-state index is -1.04. The molecule has 0 spiro atoms. The second-order valence-corrected chi connectivity index (χ2v) is 8.23. The van der Waals surface area contributed by atoms with Crippen molar-refractivity contribution in [1.29, 1.82) is 0 Å². The lowest BCUT2D eigenvalue weighted by molar-refractivity contribution is -0.413. The van der Waals surface area contributed by atoms with Crippen LogP contribution in [-0.2, 0) is 9.93 Å². The van der Waals surface area contributed by atoms with Crippen LogP contribution >= 0.6 is 10.8 Å². The van der Waals surface area contributed by atoms with Crippen LogP contribution in [0.25, 0.3) is 5.57 Å². The summed E-state index contributed by atoms with van der Waals surface area (Å²) in [5, 5.41) is 23.0. The molecule has 0 saturated carbocycles. The number of hydrogen-bond acceptors (Lipinski definition) is 5. The topological polar surface area (TPSA) is 86.3 Å². The Morgan fingerprint density at radius 2 is 1.42 bits per heavy atom. The smallest absolute Gasteiger partial charge is 0.258 e. The molecule has 0 radical (unpaired) electrons. The molecule has 2 aromatic carbocycles. The monoisotopic (exact) mass is 359 g/mol. The van der Waals surface area contributed by atoms with Crippen molar-refractivity contribution < 1.29 is 9.85 Å². The lowest BCUT2D eigenvalue weighted by Crippen LogP contribution is -2.16. The van der Waals surface area contributed by atoms with E-state index in [0.717, 1.165) is 10.8 Å². The zero-order valence-electron chi connectivity index (χ0n) is 12.2. The third-order valence-electron chi connectivity index (χ3n) is 3.24. The van der Waals surface area contributed by atoms with Gasteiger partial charge in [0.25, 0.3) is 0 Å². The summed E-state index contributed by atoms with van der Waals surface area (Å²) in [5.41, 5.74) is 0.865. The van der Waals surface area contributed by atoms with Crippen LogP contribution in [0.15, 0.2) is 81.7 Å². The van der Waals surface area contributed by atoms with Crippen molar-refractivity contribution in [2.45, 2.75) is 4.90 Å². The summed E-state index contributed by atoms with van der Waals surface area (Å²) in [5.74, 6) is 0. The molecule has 1 unspecified atom stereocenters. The van der Waals surface area contributed by atoms with E-state index in [1.165, 1.54) is 6.08 Å². The summed E-state index contributed by atoms with van der Waals surface area (Å²) in [4.78, 5) is 22.8. The Kier molecular flexibility index (Phi) is 4.68. The number of nitrogens with zero attached hydrogens (tertiary/aromatic N) is 2. The van der Waals surface area contributed by atoms with Crippen molar-refractivity contribution in [2.75, 3.05) is 0 Å². The standard InChI is InChI=1S/C16H11N2O4S2/c19-17(20)15-11-14(12-7-3-1-4-8-12)16(18(21)22)23-24(15)13-9-5-2-6-10-13/h1-11H/q+1. The summed E-state index contributed by atoms with van der Waals surface area (Å²) in [6.45, 7) is 0. The maximum atomic E-state index is 11.5. The fraction of sp³-hybridized carbons (Fsp3) is 0. The van der Waals surface area contributed by atoms with Gasteiger partial charge < -0.3 is 0 Å². The molecule has 3 rings (SSSR count). The van der Waals surface area contributed by atoms with Crippen molar-refractivity contribution in [3.63, 3.8) is 0 Å². The van der Waals surface area contributed by atoms with Gasteiger partial charge in [0, 0.05) is 0 Å². The van der Waals surface area contributed by atoms with Crippen LogP contribution in [0.2, 0.25) is 0 Å². The Morgan fingerprint density at radius 1 is 0.833 bits per heavy atom. The van der Waals surface area contributed by atoms with Crippen LogP contribution in [0.3, 0.4) is 0 Å². The summed E-state index contributed by atoms with van der Waals surface area (Å²) in [6.07, 6.45) is 1.33. The van der Waals surface area contributed by atoms with E-state index in [9.17, 15) is 20.2 Å². The lowest BCUT2D eigenvalue weighted by atomic mass is 10.1. The molecule has 0 bridgehead atoms. The number of rotatable bonds is 4. The zero-order chi connectivity index (χ0) is 17.1. The lowest BCUT2D eigenvalue weighted by Gasteiger charge is -2.09. The molecule has 6 nitrogen and oxygen atoms in total. The minimum absolute atomic E-state index is 0.0318. The second-order valence-electron chi connectivity index (χ2n) is 4.75. The van der Waals surface area contributed by atoms with Gasteiger partial charge in [-0.3, -0.25) is 20.2 Å². The molecule has 1 atom stereocenters. The van der Waals surface area contributed by atoms with Crippen molar-refractivity contribution in [3.8, 4) is 0 Å². The average molecular weight is 359 g/mol. The molecule has 120 valence electrons. The molecule has 1 aliphatic rings. The molecule has 2 aromatic rings. The van der Waals surface area contributed by atoms with E-state index < -0.39 is 19.8 Å². The van der Waals surface area contributed by atoms with Crippen LogP contribution < -0.4 is 0 Å². The van der Waals surface area contributed by atoms with Gasteiger partial charge in [0.1, 0.15) is 4.92 Å². The number of benzene rings is 2. The first-order chi connectivity index (χ1) is 11.6. The molecule has 0 saturated heterocycles. The SMILES string of the molecule is O=[N+]([O-])C1=CC(c2ccccc2)=C([N+](=O)[O-])S[S+]1c1ccccc1. The minimum Gasteiger partial charge on any atom is -0.258 e. The van der Waals surface area contributed by atoms with Gasteiger partial charge in [-0.2, -0.15) is 0 Å². The first kappa shape index (κ1) is 16.3. The largest absolute Gasteiger partial charge is 0.462 e. The third-order valence-corrected chi connectivity index (χ3v) is 7.34. The van der Waals surface area contributed by atoms with Gasteiger partial charge in [-0.15, -0.1) is 0 Å². The molecular weight excluding hydrogens is 348 g/mol. The van der Waals surface area contributed by atoms with E-state index in [4.69, 9.17) is 0 Å². The molecule has 1 heterocycles. The number of hydrogen-bond donors (Lipinski definition) is 0. The Morgan fingerprint density at radius 3 is 1.96 bits per heavy atom. The summed E-state index contributed by atoms with van der Waals surface area (Å²) >= 11 is 0.